The van der Waals surface area contributed by atoms with Crippen molar-refractivity contribution in [2.45, 2.75) is 58.5 Å². The molecular formula is C20H33N5. The largest absolute Gasteiger partial charge is 0.366 e. The van der Waals surface area contributed by atoms with Gasteiger partial charge < -0.3 is 4.90 Å². The first-order valence-electron chi connectivity index (χ1n) is 10.2. The van der Waals surface area contributed by atoms with Gasteiger partial charge in [-0.2, -0.15) is 0 Å². The van der Waals surface area contributed by atoms with E-state index in [2.05, 4.69) is 45.4 Å². The summed E-state index contributed by atoms with van der Waals surface area (Å²) in [6, 6.07) is 1.61. The first kappa shape index (κ1) is 17.2. The van der Waals surface area contributed by atoms with Crippen LogP contribution in [0.2, 0.25) is 0 Å². The van der Waals surface area contributed by atoms with Gasteiger partial charge in [-0.25, -0.2) is 9.97 Å². The molecular weight excluding hydrogens is 310 g/mol. The summed E-state index contributed by atoms with van der Waals surface area (Å²) in [5, 5.41) is 0. The van der Waals surface area contributed by atoms with Crippen LogP contribution in [0.1, 0.15) is 45.9 Å². The Morgan fingerprint density at radius 2 is 1.72 bits per heavy atom. The van der Waals surface area contributed by atoms with Gasteiger partial charge in [-0.1, -0.05) is 13.8 Å². The summed E-state index contributed by atoms with van der Waals surface area (Å²) in [6.45, 7) is 14.1. The summed E-state index contributed by atoms with van der Waals surface area (Å²) in [7, 11) is 0. The van der Waals surface area contributed by atoms with Gasteiger partial charge in [0.15, 0.2) is 0 Å². The van der Waals surface area contributed by atoms with Crippen molar-refractivity contribution in [2.24, 2.45) is 5.41 Å². The van der Waals surface area contributed by atoms with Crippen LogP contribution >= 0.6 is 0 Å². The molecule has 1 unspecified atom stereocenters. The van der Waals surface area contributed by atoms with Gasteiger partial charge in [-0.05, 0) is 31.6 Å². The molecule has 2 saturated heterocycles. The summed E-state index contributed by atoms with van der Waals surface area (Å²) in [4.78, 5) is 16.7. The number of likely N-dealkylation sites (tertiary alicyclic amines) is 1. The molecule has 1 atom stereocenters. The van der Waals surface area contributed by atoms with Gasteiger partial charge in [-0.15, -0.1) is 0 Å². The maximum absolute atomic E-state index is 4.45. The van der Waals surface area contributed by atoms with Crippen molar-refractivity contribution in [1.82, 2.24) is 19.8 Å². The first-order chi connectivity index (χ1) is 12.1. The minimum absolute atomic E-state index is 0.676. The zero-order valence-corrected chi connectivity index (χ0v) is 16.1. The van der Waals surface area contributed by atoms with E-state index in [4.69, 9.17) is 0 Å². The molecule has 1 aromatic rings. The molecule has 3 fully saturated rings. The van der Waals surface area contributed by atoms with Crippen LogP contribution in [-0.2, 0) is 6.42 Å². The lowest BCUT2D eigenvalue weighted by Gasteiger charge is -2.63. The monoisotopic (exact) mass is 343 g/mol. The minimum Gasteiger partial charge on any atom is -0.366 e. The minimum atomic E-state index is 0.676. The van der Waals surface area contributed by atoms with Crippen molar-refractivity contribution >= 4 is 5.69 Å². The van der Waals surface area contributed by atoms with E-state index in [-0.39, 0.29) is 0 Å². The Balaban J connectivity index is 1.22. The van der Waals surface area contributed by atoms with E-state index in [0.29, 0.717) is 5.41 Å². The molecule has 1 spiro atoms. The molecule has 25 heavy (non-hydrogen) atoms. The zero-order chi connectivity index (χ0) is 17.4. The third kappa shape index (κ3) is 3.28. The molecule has 3 heterocycles. The molecule has 2 aliphatic heterocycles. The molecule has 4 rings (SSSR count). The number of hydrogen-bond acceptors (Lipinski definition) is 5. The van der Waals surface area contributed by atoms with Crippen LogP contribution in [0.4, 0.5) is 5.69 Å². The van der Waals surface area contributed by atoms with Gasteiger partial charge in [0.25, 0.3) is 0 Å². The Morgan fingerprint density at radius 3 is 2.28 bits per heavy atom. The second-order valence-corrected chi connectivity index (χ2v) is 8.46. The smallest absolute Gasteiger partial charge is 0.128 e. The van der Waals surface area contributed by atoms with Crippen LogP contribution in [-0.4, -0.2) is 71.1 Å². The van der Waals surface area contributed by atoms with Crippen molar-refractivity contribution < 1.29 is 0 Å². The van der Waals surface area contributed by atoms with Gasteiger partial charge in [-0.3, -0.25) is 9.80 Å². The fourth-order valence-electron chi connectivity index (χ4n) is 4.88. The molecule has 3 aliphatic rings. The summed E-state index contributed by atoms with van der Waals surface area (Å²) >= 11 is 0. The Labute approximate surface area is 152 Å². The number of aromatic nitrogens is 2. The van der Waals surface area contributed by atoms with Gasteiger partial charge in [0.1, 0.15) is 5.82 Å². The lowest BCUT2D eigenvalue weighted by atomic mass is 9.59. The number of hydrogen-bond donors (Lipinski definition) is 0. The maximum atomic E-state index is 4.45. The number of anilines is 1. The average molecular weight is 344 g/mol. The quantitative estimate of drug-likeness (QED) is 0.820. The van der Waals surface area contributed by atoms with Gasteiger partial charge in [0, 0.05) is 57.8 Å². The van der Waals surface area contributed by atoms with E-state index in [0.717, 1.165) is 37.4 Å². The summed E-state index contributed by atoms with van der Waals surface area (Å²) in [6.07, 6.45) is 9.04. The van der Waals surface area contributed by atoms with Crippen molar-refractivity contribution in [3.8, 4) is 0 Å². The Kier molecular flexibility index (Phi) is 4.71. The lowest BCUT2D eigenvalue weighted by Crippen LogP contribution is -2.69. The third-order valence-electron chi connectivity index (χ3n) is 6.83. The van der Waals surface area contributed by atoms with Crippen molar-refractivity contribution in [1.29, 1.82) is 0 Å². The average Bonchev–Trinajstić information content (AvgIpc) is 2.59. The number of aryl methyl sites for hydroxylation is 1. The Morgan fingerprint density at radius 1 is 1.08 bits per heavy atom. The molecule has 0 aromatic carbocycles. The molecule has 0 radical (unpaired) electrons. The summed E-state index contributed by atoms with van der Waals surface area (Å²) < 4.78 is 0. The topological polar surface area (TPSA) is 35.5 Å². The van der Waals surface area contributed by atoms with E-state index in [1.807, 2.05) is 12.4 Å². The van der Waals surface area contributed by atoms with Crippen molar-refractivity contribution in [3.63, 3.8) is 0 Å². The number of rotatable bonds is 5. The fraction of sp³-hybridized carbons (Fsp3) is 0.800. The van der Waals surface area contributed by atoms with Crippen LogP contribution in [0.15, 0.2) is 12.4 Å². The predicted molar refractivity (Wildman–Crippen MR) is 102 cm³/mol. The van der Waals surface area contributed by atoms with Crippen LogP contribution < -0.4 is 4.90 Å². The van der Waals surface area contributed by atoms with E-state index < -0.39 is 0 Å². The van der Waals surface area contributed by atoms with E-state index in [1.54, 1.807) is 0 Å². The van der Waals surface area contributed by atoms with Crippen LogP contribution in [0.5, 0.6) is 0 Å². The molecule has 1 saturated carbocycles. The fourth-order valence-corrected chi connectivity index (χ4v) is 4.88. The van der Waals surface area contributed by atoms with Crippen LogP contribution in [0.3, 0.4) is 0 Å². The highest BCUT2D eigenvalue weighted by Gasteiger charge is 2.54. The maximum Gasteiger partial charge on any atom is 0.128 e. The summed E-state index contributed by atoms with van der Waals surface area (Å²) in [5.41, 5.74) is 1.86. The molecule has 5 nitrogen and oxygen atoms in total. The third-order valence-corrected chi connectivity index (χ3v) is 6.83. The van der Waals surface area contributed by atoms with E-state index in [9.17, 15) is 0 Å². The van der Waals surface area contributed by atoms with E-state index in [1.165, 1.54) is 51.1 Å². The highest BCUT2D eigenvalue weighted by Crippen LogP contribution is 2.51. The molecule has 1 aromatic heterocycles. The summed E-state index contributed by atoms with van der Waals surface area (Å²) in [5.74, 6) is 0.939. The molecule has 0 N–H and O–H groups in total. The molecule has 1 aliphatic carbocycles. The lowest BCUT2D eigenvalue weighted by molar-refractivity contribution is -0.123. The molecule has 0 amide bonds. The standard InChI is InChI=1S/C20H33N5/c1-4-16(3)25-14-20(15-25)10-17(11-20)23-6-8-24(9-7-23)18-12-21-19(5-2)22-13-18/h12-13,16-17H,4-11,14-15H2,1-3H3. The SMILES string of the molecule is CCc1ncc(N2CCN(C3CC4(C3)CN(C(C)CC)C4)CC2)cn1. The zero-order valence-electron chi connectivity index (χ0n) is 16.1. The van der Waals surface area contributed by atoms with Crippen LogP contribution in [0.25, 0.3) is 0 Å². The van der Waals surface area contributed by atoms with Crippen LogP contribution in [0, 0.1) is 5.41 Å². The normalized spacial score (nSPS) is 25.6. The Hall–Kier alpha value is -1.20. The van der Waals surface area contributed by atoms with Crippen molar-refractivity contribution in [3.05, 3.63) is 18.2 Å². The highest BCUT2D eigenvalue weighted by atomic mass is 15.3. The number of piperazine rings is 1. The predicted octanol–water partition coefficient (Wildman–Crippen LogP) is 2.42. The molecule has 138 valence electrons. The van der Waals surface area contributed by atoms with Gasteiger partial charge >= 0.3 is 0 Å². The number of nitrogens with zero attached hydrogens (tertiary/aromatic N) is 5. The second kappa shape index (κ2) is 6.84. The molecule has 5 heteroatoms. The first-order valence-corrected chi connectivity index (χ1v) is 10.2. The van der Waals surface area contributed by atoms with Gasteiger partial charge in [0.2, 0.25) is 0 Å². The highest BCUT2D eigenvalue weighted by molar-refractivity contribution is 5.42. The Bertz CT molecular complexity index is 564. The van der Waals surface area contributed by atoms with Gasteiger partial charge in [0.05, 0.1) is 18.1 Å². The van der Waals surface area contributed by atoms with E-state index >= 15 is 0 Å². The second-order valence-electron chi connectivity index (χ2n) is 8.46. The van der Waals surface area contributed by atoms with Crippen molar-refractivity contribution in [2.75, 3.05) is 44.2 Å². The molecule has 0 bridgehead atoms.